The third-order valence-electron chi connectivity index (χ3n) is 7.09. The van der Waals surface area contributed by atoms with Gasteiger partial charge in [-0.3, -0.25) is 0 Å². The highest BCUT2D eigenvalue weighted by Crippen LogP contribution is 2.32. The van der Waals surface area contributed by atoms with Gasteiger partial charge in [0.2, 0.25) is 0 Å². The van der Waals surface area contributed by atoms with Gasteiger partial charge in [0.05, 0.1) is 19.8 Å². The molecule has 192 valence electrons. The Labute approximate surface area is 219 Å². The third kappa shape index (κ3) is 5.92. The largest absolute Gasteiger partial charge is 0.864 e. The molecule has 6 nitrogen and oxygen atoms in total. The van der Waals surface area contributed by atoms with Crippen molar-refractivity contribution < 1.29 is 28.2 Å². The van der Waals surface area contributed by atoms with Gasteiger partial charge in [0.15, 0.2) is 0 Å². The maximum Gasteiger partial charge on any atom is 0.864 e. The molecule has 0 amide bonds. The van der Waals surface area contributed by atoms with E-state index < -0.39 is 7.32 Å². The lowest BCUT2D eigenvalue weighted by atomic mass is 10.1. The van der Waals surface area contributed by atoms with Gasteiger partial charge >= 0.3 is 7.32 Å². The summed E-state index contributed by atoms with van der Waals surface area (Å²) in [6.07, 6.45) is 9.37. The molecule has 0 saturated carbocycles. The van der Waals surface area contributed by atoms with Crippen molar-refractivity contribution >= 4 is 7.32 Å². The Balaban J connectivity index is 1.26. The van der Waals surface area contributed by atoms with Crippen LogP contribution >= 0.6 is 0 Å². The molecule has 3 aliphatic rings. The third-order valence-corrected chi connectivity index (χ3v) is 7.09. The van der Waals surface area contributed by atoms with Crippen LogP contribution in [0.15, 0.2) is 54.6 Å². The van der Waals surface area contributed by atoms with Crippen LogP contribution in [0.5, 0.6) is 34.5 Å². The Morgan fingerprint density at radius 1 is 0.459 bits per heavy atom. The normalized spacial score (nSPS) is 16.5. The molecule has 0 spiro atoms. The van der Waals surface area contributed by atoms with E-state index in [9.17, 15) is 0 Å². The number of fused-ring (bicyclic) bond motifs is 3. The average molecular weight is 500 g/mol. The van der Waals surface area contributed by atoms with E-state index in [1.54, 1.807) is 0 Å². The van der Waals surface area contributed by atoms with Crippen molar-refractivity contribution in [3.63, 3.8) is 0 Å². The molecule has 6 rings (SSSR count). The Hall–Kier alpha value is -3.48. The molecule has 3 aliphatic heterocycles. The molecule has 7 heteroatoms. The van der Waals surface area contributed by atoms with Crippen LogP contribution in [0.1, 0.15) is 55.2 Å². The zero-order valence-electron chi connectivity index (χ0n) is 21.2. The summed E-state index contributed by atoms with van der Waals surface area (Å²) in [5.74, 6) is 4.85. The second-order valence-corrected chi connectivity index (χ2v) is 9.87. The standard InChI is InChI=1S/C30H33BO6/c1-4-16-32-28-13-10-25(19-22(28)7-1)35-31(36-26-11-14-29-23(20-26)8-2-5-17-33-29)37-27-12-15-30-24(21-27)9-3-6-18-34-30/h10-15,19-21H,1-9,16-18H2. The second kappa shape index (κ2) is 11.3. The molecule has 0 aromatic heterocycles. The Kier molecular flexibility index (Phi) is 7.29. The molecule has 0 saturated heterocycles. The van der Waals surface area contributed by atoms with Crippen LogP contribution in [0.4, 0.5) is 0 Å². The van der Waals surface area contributed by atoms with Gasteiger partial charge in [-0.25, -0.2) is 0 Å². The summed E-state index contributed by atoms with van der Waals surface area (Å²) in [5, 5.41) is 0. The quantitative estimate of drug-likeness (QED) is 0.368. The van der Waals surface area contributed by atoms with Crippen molar-refractivity contribution in [1.29, 1.82) is 0 Å². The molecular formula is C30H33BO6. The summed E-state index contributed by atoms with van der Waals surface area (Å²) in [4.78, 5) is 0. The highest BCUT2D eigenvalue weighted by atomic mass is 16.7. The average Bonchev–Trinajstić information content (AvgIpc) is 3.39. The summed E-state index contributed by atoms with van der Waals surface area (Å²) in [6, 6.07) is 17.8. The molecule has 0 aliphatic carbocycles. The van der Waals surface area contributed by atoms with Gasteiger partial charge in [0.1, 0.15) is 34.5 Å². The summed E-state index contributed by atoms with van der Waals surface area (Å²) in [7, 11) is -0.973. The van der Waals surface area contributed by atoms with E-state index in [0.717, 1.165) is 112 Å². The lowest BCUT2D eigenvalue weighted by Crippen LogP contribution is -2.37. The molecule has 0 unspecified atom stereocenters. The predicted octanol–water partition coefficient (Wildman–Crippen LogP) is 6.35. The van der Waals surface area contributed by atoms with Gasteiger partial charge in [-0.15, -0.1) is 0 Å². The van der Waals surface area contributed by atoms with Gasteiger partial charge in [0.25, 0.3) is 0 Å². The first-order valence-corrected chi connectivity index (χ1v) is 13.6. The van der Waals surface area contributed by atoms with Crippen molar-refractivity contribution in [3.05, 3.63) is 71.3 Å². The molecule has 3 heterocycles. The summed E-state index contributed by atoms with van der Waals surface area (Å²) in [5.41, 5.74) is 3.45. The predicted molar refractivity (Wildman–Crippen MR) is 142 cm³/mol. The number of hydrogen-bond donors (Lipinski definition) is 0. The molecule has 0 N–H and O–H groups in total. The Bertz CT molecular complexity index is 1080. The molecule has 37 heavy (non-hydrogen) atoms. The molecule has 0 bridgehead atoms. The molecule has 0 fully saturated rings. The van der Waals surface area contributed by atoms with Crippen LogP contribution < -0.4 is 28.2 Å². The lowest BCUT2D eigenvalue weighted by Gasteiger charge is -2.19. The van der Waals surface area contributed by atoms with Crippen molar-refractivity contribution in [2.24, 2.45) is 0 Å². The number of benzene rings is 3. The van der Waals surface area contributed by atoms with Crippen LogP contribution in [0, 0.1) is 0 Å². The molecule has 0 atom stereocenters. The Morgan fingerprint density at radius 3 is 1.16 bits per heavy atom. The van der Waals surface area contributed by atoms with Gasteiger partial charge < -0.3 is 28.2 Å². The van der Waals surface area contributed by atoms with Crippen LogP contribution in [-0.4, -0.2) is 27.1 Å². The molecular weight excluding hydrogens is 467 g/mol. The summed E-state index contributed by atoms with van der Waals surface area (Å²) >= 11 is 0. The minimum Gasteiger partial charge on any atom is -0.493 e. The smallest absolute Gasteiger partial charge is 0.493 e. The van der Waals surface area contributed by atoms with E-state index in [0.29, 0.717) is 17.2 Å². The zero-order valence-corrected chi connectivity index (χ0v) is 21.2. The topological polar surface area (TPSA) is 55.4 Å². The van der Waals surface area contributed by atoms with E-state index in [2.05, 4.69) is 0 Å². The van der Waals surface area contributed by atoms with Crippen molar-refractivity contribution in [3.8, 4) is 34.5 Å². The highest BCUT2D eigenvalue weighted by Gasteiger charge is 2.31. The maximum atomic E-state index is 6.30. The number of aryl methyl sites for hydroxylation is 3. The van der Waals surface area contributed by atoms with E-state index in [-0.39, 0.29) is 0 Å². The molecule has 3 aromatic carbocycles. The van der Waals surface area contributed by atoms with Crippen LogP contribution in [-0.2, 0) is 19.3 Å². The Morgan fingerprint density at radius 2 is 0.811 bits per heavy atom. The lowest BCUT2D eigenvalue weighted by molar-refractivity contribution is 0.301. The first-order chi connectivity index (χ1) is 18.3. The summed E-state index contributed by atoms with van der Waals surface area (Å²) in [6.45, 7) is 2.27. The fourth-order valence-corrected chi connectivity index (χ4v) is 5.10. The first-order valence-electron chi connectivity index (χ1n) is 13.6. The number of ether oxygens (including phenoxy) is 3. The monoisotopic (exact) mass is 500 g/mol. The minimum absolute atomic E-state index is 0.686. The van der Waals surface area contributed by atoms with Gasteiger partial charge in [-0.2, -0.15) is 0 Å². The van der Waals surface area contributed by atoms with Crippen LogP contribution in [0.2, 0.25) is 0 Å². The van der Waals surface area contributed by atoms with E-state index >= 15 is 0 Å². The second-order valence-electron chi connectivity index (χ2n) is 9.87. The van der Waals surface area contributed by atoms with Crippen molar-refractivity contribution in [2.45, 2.75) is 57.8 Å². The van der Waals surface area contributed by atoms with Gasteiger partial charge in [0, 0.05) is 0 Å². The van der Waals surface area contributed by atoms with E-state index in [1.165, 1.54) is 0 Å². The number of hydrogen-bond acceptors (Lipinski definition) is 6. The van der Waals surface area contributed by atoms with E-state index in [4.69, 9.17) is 28.2 Å². The molecule has 0 radical (unpaired) electrons. The van der Waals surface area contributed by atoms with E-state index in [1.807, 2.05) is 54.6 Å². The first kappa shape index (κ1) is 23.9. The fraction of sp³-hybridized carbons (Fsp3) is 0.400. The molecule has 3 aromatic rings. The maximum absolute atomic E-state index is 6.30. The van der Waals surface area contributed by atoms with Crippen LogP contribution in [0.25, 0.3) is 0 Å². The van der Waals surface area contributed by atoms with Gasteiger partial charge in [-0.1, -0.05) is 0 Å². The zero-order chi connectivity index (χ0) is 24.9. The van der Waals surface area contributed by atoms with Gasteiger partial charge in [-0.05, 0) is 129 Å². The van der Waals surface area contributed by atoms with Crippen LogP contribution in [0.3, 0.4) is 0 Å². The SMILES string of the molecule is c1cc2c(cc1OB(Oc1ccc3c(c1)CCCCO3)Oc1ccc3c(c1)CCCCO3)CCCCO2. The summed E-state index contributed by atoms with van der Waals surface area (Å²) < 4.78 is 36.6. The van der Waals surface area contributed by atoms with Crippen molar-refractivity contribution in [1.82, 2.24) is 0 Å². The highest BCUT2D eigenvalue weighted by molar-refractivity contribution is 6.39. The van der Waals surface area contributed by atoms with Crippen molar-refractivity contribution in [2.75, 3.05) is 19.8 Å². The number of rotatable bonds is 6. The minimum atomic E-state index is -0.973. The fourth-order valence-electron chi connectivity index (χ4n) is 5.10.